The summed E-state index contributed by atoms with van der Waals surface area (Å²) >= 11 is 0. The van der Waals surface area contributed by atoms with E-state index >= 15 is 0 Å². The van der Waals surface area contributed by atoms with Crippen molar-refractivity contribution in [1.29, 1.82) is 0 Å². The molecule has 140 valence electrons. The van der Waals surface area contributed by atoms with E-state index in [9.17, 15) is 4.79 Å². The van der Waals surface area contributed by atoms with Crippen LogP contribution in [0.15, 0.2) is 42.6 Å². The molecule has 6 nitrogen and oxygen atoms in total. The van der Waals surface area contributed by atoms with Crippen LogP contribution in [0, 0.1) is 11.8 Å². The standard InChI is InChI=1S/C21H23N3O3/c25-17-23-20-7-6-19(22-16-20)5-2-18-3-8-21(9-4-18)27-13-1-10-24-11-14-26-15-12-24/h3-4,6-9,16-17H,1,10-15H2,(H,23,25). The zero-order chi connectivity index (χ0) is 18.7. The average Bonchev–Trinajstić information content (AvgIpc) is 2.73. The highest BCUT2D eigenvalue weighted by Gasteiger charge is 2.09. The molecule has 0 atom stereocenters. The van der Waals surface area contributed by atoms with Crippen LogP contribution in [0.2, 0.25) is 0 Å². The molecule has 0 saturated carbocycles. The quantitative estimate of drug-likeness (QED) is 0.463. The first-order chi connectivity index (χ1) is 13.3. The molecule has 3 rings (SSSR count). The number of aromatic nitrogens is 1. The molecule has 2 heterocycles. The second kappa shape index (κ2) is 10.3. The Morgan fingerprint density at radius 3 is 2.67 bits per heavy atom. The molecule has 1 aliphatic rings. The van der Waals surface area contributed by atoms with Crippen LogP contribution in [0.25, 0.3) is 0 Å². The van der Waals surface area contributed by atoms with E-state index < -0.39 is 0 Å². The van der Waals surface area contributed by atoms with E-state index in [2.05, 4.69) is 27.0 Å². The highest BCUT2D eigenvalue weighted by atomic mass is 16.5. The van der Waals surface area contributed by atoms with E-state index in [0.717, 1.165) is 50.6 Å². The smallest absolute Gasteiger partial charge is 0.211 e. The molecule has 1 saturated heterocycles. The lowest BCUT2D eigenvalue weighted by Crippen LogP contribution is -2.37. The van der Waals surface area contributed by atoms with Crippen molar-refractivity contribution < 1.29 is 14.3 Å². The van der Waals surface area contributed by atoms with Gasteiger partial charge in [-0.2, -0.15) is 0 Å². The maximum Gasteiger partial charge on any atom is 0.211 e. The molecular weight excluding hydrogens is 342 g/mol. The number of benzene rings is 1. The van der Waals surface area contributed by atoms with Gasteiger partial charge in [0.2, 0.25) is 6.41 Å². The van der Waals surface area contributed by atoms with Gasteiger partial charge in [0.1, 0.15) is 11.4 Å². The monoisotopic (exact) mass is 365 g/mol. The zero-order valence-electron chi connectivity index (χ0n) is 15.2. The first-order valence-electron chi connectivity index (χ1n) is 9.05. The molecule has 1 aliphatic heterocycles. The molecule has 0 unspecified atom stereocenters. The second-order valence-corrected chi connectivity index (χ2v) is 6.12. The molecule has 0 radical (unpaired) electrons. The van der Waals surface area contributed by atoms with Crippen molar-refractivity contribution in [2.75, 3.05) is 44.8 Å². The summed E-state index contributed by atoms with van der Waals surface area (Å²) < 4.78 is 11.1. The van der Waals surface area contributed by atoms with Gasteiger partial charge in [-0.25, -0.2) is 4.98 Å². The van der Waals surface area contributed by atoms with Crippen LogP contribution >= 0.6 is 0 Å². The number of amides is 1. The third-order valence-electron chi connectivity index (χ3n) is 4.17. The Bertz CT molecular complexity index is 773. The Balaban J connectivity index is 1.43. The van der Waals surface area contributed by atoms with Crippen LogP contribution in [0.5, 0.6) is 5.75 Å². The molecule has 2 aromatic rings. The number of hydrogen-bond donors (Lipinski definition) is 1. The lowest BCUT2D eigenvalue weighted by atomic mass is 10.2. The van der Waals surface area contributed by atoms with Crippen molar-refractivity contribution in [3.63, 3.8) is 0 Å². The van der Waals surface area contributed by atoms with E-state index in [1.54, 1.807) is 18.3 Å². The number of pyridine rings is 1. The van der Waals surface area contributed by atoms with E-state index in [1.165, 1.54) is 0 Å². The average molecular weight is 365 g/mol. The summed E-state index contributed by atoms with van der Waals surface area (Å²) in [6.07, 6.45) is 3.20. The van der Waals surface area contributed by atoms with Crippen molar-refractivity contribution in [2.45, 2.75) is 6.42 Å². The van der Waals surface area contributed by atoms with Crippen molar-refractivity contribution >= 4 is 12.1 Å². The predicted molar refractivity (Wildman–Crippen MR) is 104 cm³/mol. The van der Waals surface area contributed by atoms with Gasteiger partial charge in [0.05, 0.1) is 31.7 Å². The number of carbonyl (C=O) groups excluding carboxylic acids is 1. The minimum atomic E-state index is 0.620. The minimum Gasteiger partial charge on any atom is -0.494 e. The molecule has 1 amide bonds. The SMILES string of the molecule is O=CNc1ccc(C#Cc2ccc(OCCCN3CCOCC3)cc2)nc1. The number of ether oxygens (including phenoxy) is 2. The molecule has 0 aliphatic carbocycles. The van der Waals surface area contributed by atoms with Gasteiger partial charge in [-0.3, -0.25) is 9.69 Å². The number of carbonyl (C=O) groups is 1. The van der Waals surface area contributed by atoms with Gasteiger partial charge in [-0.1, -0.05) is 5.92 Å². The number of hydrogen-bond acceptors (Lipinski definition) is 5. The fourth-order valence-corrected chi connectivity index (χ4v) is 2.69. The first-order valence-corrected chi connectivity index (χ1v) is 9.05. The van der Waals surface area contributed by atoms with Crippen LogP contribution in [-0.2, 0) is 9.53 Å². The summed E-state index contributed by atoms with van der Waals surface area (Å²) in [4.78, 5) is 17.0. The van der Waals surface area contributed by atoms with Crippen molar-refractivity contribution in [3.05, 3.63) is 53.9 Å². The Morgan fingerprint density at radius 1 is 1.15 bits per heavy atom. The van der Waals surface area contributed by atoms with Gasteiger partial charge in [0.15, 0.2) is 0 Å². The lowest BCUT2D eigenvalue weighted by Gasteiger charge is -2.26. The topological polar surface area (TPSA) is 63.7 Å². The summed E-state index contributed by atoms with van der Waals surface area (Å²) in [5.74, 6) is 6.93. The molecule has 1 N–H and O–H groups in total. The van der Waals surface area contributed by atoms with Gasteiger partial charge >= 0.3 is 0 Å². The molecule has 1 aromatic carbocycles. The summed E-state index contributed by atoms with van der Waals surface area (Å²) in [5.41, 5.74) is 2.19. The van der Waals surface area contributed by atoms with Crippen LogP contribution in [0.3, 0.4) is 0 Å². The Hall–Kier alpha value is -2.88. The van der Waals surface area contributed by atoms with Crippen LogP contribution < -0.4 is 10.1 Å². The summed E-state index contributed by atoms with van der Waals surface area (Å²) in [5, 5.41) is 2.54. The van der Waals surface area contributed by atoms with E-state index in [1.807, 2.05) is 24.3 Å². The molecule has 1 aromatic heterocycles. The minimum absolute atomic E-state index is 0.620. The second-order valence-electron chi connectivity index (χ2n) is 6.12. The van der Waals surface area contributed by atoms with Crippen molar-refractivity contribution in [3.8, 4) is 17.6 Å². The summed E-state index contributed by atoms with van der Waals surface area (Å²) in [6.45, 7) is 5.43. The molecule has 1 fully saturated rings. The maximum atomic E-state index is 10.4. The zero-order valence-corrected chi connectivity index (χ0v) is 15.2. The molecule has 0 bridgehead atoms. The molecule has 6 heteroatoms. The largest absolute Gasteiger partial charge is 0.494 e. The van der Waals surface area contributed by atoms with E-state index in [0.29, 0.717) is 24.4 Å². The summed E-state index contributed by atoms with van der Waals surface area (Å²) in [6, 6.07) is 11.3. The number of morpholine rings is 1. The van der Waals surface area contributed by atoms with Crippen molar-refractivity contribution in [2.24, 2.45) is 0 Å². The molecule has 27 heavy (non-hydrogen) atoms. The van der Waals surface area contributed by atoms with Gasteiger partial charge in [-0.15, -0.1) is 0 Å². The van der Waals surface area contributed by atoms with Crippen molar-refractivity contribution in [1.82, 2.24) is 9.88 Å². The third kappa shape index (κ3) is 6.41. The number of nitrogens with one attached hydrogen (secondary N) is 1. The normalized spacial score (nSPS) is 14.1. The van der Waals surface area contributed by atoms with Gasteiger partial charge in [0, 0.05) is 25.2 Å². The van der Waals surface area contributed by atoms with Gasteiger partial charge in [0.25, 0.3) is 0 Å². The maximum absolute atomic E-state index is 10.4. The first kappa shape index (κ1) is 18.9. The number of anilines is 1. The fraction of sp³-hybridized carbons (Fsp3) is 0.333. The highest BCUT2D eigenvalue weighted by Crippen LogP contribution is 2.12. The third-order valence-corrected chi connectivity index (χ3v) is 4.17. The highest BCUT2D eigenvalue weighted by molar-refractivity contribution is 5.70. The Kier molecular flexibility index (Phi) is 7.22. The Labute approximate surface area is 159 Å². The van der Waals surface area contributed by atoms with E-state index in [4.69, 9.17) is 9.47 Å². The van der Waals surface area contributed by atoms with Gasteiger partial charge in [-0.05, 0) is 48.7 Å². The van der Waals surface area contributed by atoms with Crippen LogP contribution in [0.1, 0.15) is 17.7 Å². The number of rotatable bonds is 7. The molecular formula is C21H23N3O3. The lowest BCUT2D eigenvalue weighted by molar-refractivity contribution is -0.105. The number of nitrogens with zero attached hydrogens (tertiary/aromatic N) is 2. The van der Waals surface area contributed by atoms with Crippen LogP contribution in [0.4, 0.5) is 5.69 Å². The molecule has 0 spiro atoms. The van der Waals surface area contributed by atoms with Crippen LogP contribution in [-0.4, -0.2) is 55.7 Å². The van der Waals surface area contributed by atoms with Gasteiger partial charge < -0.3 is 14.8 Å². The Morgan fingerprint density at radius 2 is 1.96 bits per heavy atom. The predicted octanol–water partition coefficient (Wildman–Crippen LogP) is 2.15. The summed E-state index contributed by atoms with van der Waals surface area (Å²) in [7, 11) is 0. The van der Waals surface area contributed by atoms with E-state index in [-0.39, 0.29) is 0 Å². The fourth-order valence-electron chi connectivity index (χ4n) is 2.69.